The number of hydrogen-bond acceptors (Lipinski definition) is 5. The van der Waals surface area contributed by atoms with Crippen LogP contribution in [0.3, 0.4) is 0 Å². The molecule has 2 aromatic heterocycles. The van der Waals surface area contributed by atoms with Crippen LogP contribution in [0.15, 0.2) is 71.9 Å². The lowest BCUT2D eigenvalue weighted by atomic mass is 9.96. The van der Waals surface area contributed by atoms with Gasteiger partial charge in [0.1, 0.15) is 11.9 Å². The van der Waals surface area contributed by atoms with Crippen LogP contribution in [0.25, 0.3) is 10.9 Å². The molecule has 0 aliphatic carbocycles. The van der Waals surface area contributed by atoms with Crippen LogP contribution in [0.1, 0.15) is 27.9 Å². The van der Waals surface area contributed by atoms with Gasteiger partial charge in [-0.15, -0.1) is 0 Å². The summed E-state index contributed by atoms with van der Waals surface area (Å²) in [6.07, 6.45) is 4.13. The highest BCUT2D eigenvalue weighted by Crippen LogP contribution is 2.25. The number of aromatic carboxylic acids is 1. The molecule has 192 valence electrons. The number of nitrogen functional groups attached to an aromatic ring is 1. The number of benzene rings is 2. The molecule has 11 heteroatoms. The van der Waals surface area contributed by atoms with Gasteiger partial charge in [0.05, 0.1) is 10.5 Å². The summed E-state index contributed by atoms with van der Waals surface area (Å²) in [7, 11) is -4.04. The maximum atomic E-state index is 13.7. The molecular formula is C26H27N5O5S. The number of aryl methyl sites for hydroxylation is 1. The van der Waals surface area contributed by atoms with Gasteiger partial charge in [0, 0.05) is 42.9 Å². The van der Waals surface area contributed by atoms with Gasteiger partial charge in [-0.05, 0) is 66.4 Å². The van der Waals surface area contributed by atoms with Crippen LogP contribution in [-0.2, 0) is 34.3 Å². The number of amides is 1. The van der Waals surface area contributed by atoms with Crippen molar-refractivity contribution in [3.8, 4) is 0 Å². The number of nitrogens with zero attached hydrogens (tertiary/aromatic N) is 2. The van der Waals surface area contributed by atoms with Crippen molar-refractivity contribution in [2.24, 2.45) is 0 Å². The Bertz CT molecular complexity index is 1590. The first kappa shape index (κ1) is 24.6. The molecule has 37 heavy (non-hydrogen) atoms. The number of sulfonamides is 1. The second-order valence-electron chi connectivity index (χ2n) is 9.08. The molecule has 5 N–H and O–H groups in total. The number of nitrogens with one attached hydrogen (secondary N) is 2. The average molecular weight is 522 g/mol. The summed E-state index contributed by atoms with van der Waals surface area (Å²) in [6, 6.07) is 14.0. The predicted octanol–water partition coefficient (Wildman–Crippen LogP) is 2.57. The van der Waals surface area contributed by atoms with Crippen molar-refractivity contribution >= 4 is 38.6 Å². The van der Waals surface area contributed by atoms with Crippen LogP contribution in [-0.4, -0.2) is 52.4 Å². The number of aromatic nitrogens is 2. The van der Waals surface area contributed by atoms with E-state index in [1.165, 1.54) is 12.1 Å². The van der Waals surface area contributed by atoms with Crippen LogP contribution in [0.5, 0.6) is 0 Å². The summed E-state index contributed by atoms with van der Waals surface area (Å²) in [4.78, 5) is 29.7. The monoisotopic (exact) mass is 521 g/mol. The average Bonchev–Trinajstić information content (AvgIpc) is 3.53. The number of rotatable bonds is 8. The molecular weight excluding hydrogens is 494 g/mol. The lowest BCUT2D eigenvalue weighted by Gasteiger charge is -2.32. The van der Waals surface area contributed by atoms with Crippen LogP contribution in [0.2, 0.25) is 0 Å². The molecule has 0 saturated heterocycles. The van der Waals surface area contributed by atoms with Crippen molar-refractivity contribution in [3.63, 3.8) is 0 Å². The molecule has 0 bridgehead atoms. The smallest absolute Gasteiger partial charge is 0.335 e. The maximum absolute atomic E-state index is 13.7. The second-order valence-corrected chi connectivity index (χ2v) is 10.8. The fourth-order valence-electron chi connectivity index (χ4n) is 4.77. The molecule has 3 heterocycles. The normalized spacial score (nSPS) is 14.4. The van der Waals surface area contributed by atoms with Gasteiger partial charge in [0.2, 0.25) is 15.9 Å². The van der Waals surface area contributed by atoms with Crippen molar-refractivity contribution in [2.75, 3.05) is 12.3 Å². The van der Waals surface area contributed by atoms with E-state index in [1.54, 1.807) is 64.3 Å². The highest BCUT2D eigenvalue weighted by molar-refractivity contribution is 7.89. The Balaban J connectivity index is 1.41. The quantitative estimate of drug-likeness (QED) is 0.280. The molecule has 0 fully saturated rings. The zero-order chi connectivity index (χ0) is 26.2. The molecule has 1 aliphatic rings. The van der Waals surface area contributed by atoms with Crippen molar-refractivity contribution in [1.82, 2.24) is 19.2 Å². The van der Waals surface area contributed by atoms with Gasteiger partial charge >= 0.3 is 5.97 Å². The molecule has 1 amide bonds. The standard InChI is InChI=1S/C26H27N5O5S/c27-24-5-2-12-30(24)14-10-22(29-37(35,36)23-4-1-3-21-20(23)8-11-28-21)25(32)31-13-9-17-15-18(26(33)34)6-7-19(17)16-31/h1-8,11-12,15,22,28-29H,9-10,13-14,16,27H2,(H,33,34). The fourth-order valence-corrected chi connectivity index (χ4v) is 6.21. The Morgan fingerprint density at radius 2 is 1.95 bits per heavy atom. The van der Waals surface area contributed by atoms with E-state index in [9.17, 15) is 23.1 Å². The fraction of sp³-hybridized carbons (Fsp3) is 0.231. The Morgan fingerprint density at radius 3 is 2.70 bits per heavy atom. The van der Waals surface area contributed by atoms with Gasteiger partial charge in [-0.2, -0.15) is 4.72 Å². The molecule has 1 aliphatic heterocycles. The van der Waals surface area contributed by atoms with Crippen molar-refractivity contribution in [3.05, 3.63) is 83.7 Å². The van der Waals surface area contributed by atoms with Gasteiger partial charge in [-0.25, -0.2) is 13.2 Å². The number of nitrogens with two attached hydrogens (primary N) is 1. The number of anilines is 1. The largest absolute Gasteiger partial charge is 0.478 e. The van der Waals surface area contributed by atoms with E-state index in [2.05, 4.69) is 9.71 Å². The van der Waals surface area contributed by atoms with Crippen molar-refractivity contribution in [1.29, 1.82) is 0 Å². The number of H-pyrrole nitrogens is 1. The number of carbonyl (C=O) groups is 2. The summed E-state index contributed by atoms with van der Waals surface area (Å²) in [5.74, 6) is -0.826. The third-order valence-electron chi connectivity index (χ3n) is 6.74. The predicted molar refractivity (Wildman–Crippen MR) is 138 cm³/mol. The van der Waals surface area contributed by atoms with Crippen LogP contribution >= 0.6 is 0 Å². The van der Waals surface area contributed by atoms with Gasteiger partial charge in [0.15, 0.2) is 0 Å². The summed E-state index contributed by atoms with van der Waals surface area (Å²) in [5, 5.41) is 9.81. The molecule has 2 aromatic carbocycles. The molecule has 4 aromatic rings. The summed E-state index contributed by atoms with van der Waals surface area (Å²) >= 11 is 0. The van der Waals surface area contributed by atoms with Crippen LogP contribution in [0, 0.1) is 0 Å². The zero-order valence-electron chi connectivity index (χ0n) is 19.9. The maximum Gasteiger partial charge on any atom is 0.335 e. The van der Waals surface area contributed by atoms with Gasteiger partial charge in [0.25, 0.3) is 0 Å². The minimum atomic E-state index is -4.04. The number of aromatic amines is 1. The first-order valence-corrected chi connectivity index (χ1v) is 13.3. The summed E-state index contributed by atoms with van der Waals surface area (Å²) < 4.78 is 31.4. The zero-order valence-corrected chi connectivity index (χ0v) is 20.7. The summed E-state index contributed by atoms with van der Waals surface area (Å²) in [5.41, 5.74) is 8.59. The van der Waals surface area contributed by atoms with E-state index in [0.29, 0.717) is 36.2 Å². The number of carboxylic acids is 1. The van der Waals surface area contributed by atoms with E-state index in [1.807, 2.05) is 0 Å². The minimum absolute atomic E-state index is 0.0923. The van der Waals surface area contributed by atoms with E-state index < -0.39 is 22.0 Å². The third-order valence-corrected chi connectivity index (χ3v) is 8.27. The van der Waals surface area contributed by atoms with E-state index in [0.717, 1.165) is 11.1 Å². The SMILES string of the molecule is Nc1cccn1CCC(NS(=O)(=O)c1cccc2[nH]ccc12)C(=O)N1CCc2cc(C(=O)O)ccc2C1. The Labute approximate surface area is 213 Å². The van der Waals surface area contributed by atoms with Crippen molar-refractivity contribution < 1.29 is 23.1 Å². The lowest BCUT2D eigenvalue weighted by molar-refractivity contribution is -0.134. The minimum Gasteiger partial charge on any atom is -0.478 e. The molecule has 5 rings (SSSR count). The first-order valence-electron chi connectivity index (χ1n) is 11.9. The number of carbonyl (C=O) groups excluding carboxylic acids is 1. The van der Waals surface area contributed by atoms with Gasteiger partial charge < -0.3 is 25.3 Å². The highest BCUT2D eigenvalue weighted by atomic mass is 32.2. The molecule has 0 radical (unpaired) electrons. The van der Waals surface area contributed by atoms with Crippen molar-refractivity contribution in [2.45, 2.75) is 36.9 Å². The molecule has 1 unspecified atom stereocenters. The van der Waals surface area contributed by atoms with Crippen LogP contribution < -0.4 is 10.5 Å². The number of fused-ring (bicyclic) bond motifs is 2. The van der Waals surface area contributed by atoms with Gasteiger partial charge in [-0.1, -0.05) is 12.1 Å². The Hall–Kier alpha value is -4.09. The molecule has 0 saturated carbocycles. The lowest BCUT2D eigenvalue weighted by Crippen LogP contribution is -2.50. The number of hydrogen-bond donors (Lipinski definition) is 4. The Kier molecular flexibility index (Phi) is 6.48. The first-order chi connectivity index (χ1) is 17.7. The molecule has 0 spiro atoms. The van der Waals surface area contributed by atoms with E-state index >= 15 is 0 Å². The van der Waals surface area contributed by atoms with Gasteiger partial charge in [-0.3, -0.25) is 4.79 Å². The Morgan fingerprint density at radius 1 is 1.11 bits per heavy atom. The molecule has 1 atom stereocenters. The second kappa shape index (κ2) is 9.75. The summed E-state index contributed by atoms with van der Waals surface area (Å²) in [6.45, 7) is 0.968. The van der Waals surface area contributed by atoms with Crippen LogP contribution in [0.4, 0.5) is 5.82 Å². The van der Waals surface area contributed by atoms with E-state index in [4.69, 9.17) is 5.73 Å². The number of carboxylic acid groups (broad SMARTS) is 1. The topological polar surface area (TPSA) is 151 Å². The highest BCUT2D eigenvalue weighted by Gasteiger charge is 2.32. The molecule has 10 nitrogen and oxygen atoms in total. The third kappa shape index (κ3) is 4.95. The van der Waals surface area contributed by atoms with E-state index in [-0.39, 0.29) is 29.3 Å².